The normalized spacial score (nSPS) is 15.7. The molecule has 2 unspecified atom stereocenters. The van der Waals surface area contributed by atoms with Gasteiger partial charge in [-0.15, -0.1) is 18.9 Å². The van der Waals surface area contributed by atoms with Gasteiger partial charge >= 0.3 is 6.03 Å². The Kier molecular flexibility index (Phi) is 14.0. The first-order valence-electron chi connectivity index (χ1n) is 13.0. The van der Waals surface area contributed by atoms with Crippen LogP contribution >= 0.6 is 0 Å². The summed E-state index contributed by atoms with van der Waals surface area (Å²) in [5, 5.41) is 10.4. The van der Waals surface area contributed by atoms with Gasteiger partial charge in [0, 0.05) is 40.0 Å². The van der Waals surface area contributed by atoms with Crippen LogP contribution in [0.5, 0.6) is 0 Å². The molecule has 0 aromatic heterocycles. The number of carbonyl (C=O) groups is 5. The molecule has 1 aliphatic carbocycles. The Morgan fingerprint density at radius 3 is 2.38 bits per heavy atom. The van der Waals surface area contributed by atoms with Crippen LogP contribution < -0.4 is 21.3 Å². The van der Waals surface area contributed by atoms with Gasteiger partial charge in [-0.3, -0.25) is 19.2 Å². The molecule has 0 aromatic carbocycles. The number of terminal acetylenes is 1. The van der Waals surface area contributed by atoms with Crippen molar-refractivity contribution in [2.45, 2.75) is 83.2 Å². The van der Waals surface area contributed by atoms with Crippen LogP contribution in [0.1, 0.15) is 71.1 Å². The SMILES string of the molecule is C#CCCC(NC(=O)CCCCN(C)C(=O)C(NC(=O)NC)C1(C)CCCCC1)C(=O)C(=O)NCC=C. The van der Waals surface area contributed by atoms with Crippen molar-refractivity contribution in [1.82, 2.24) is 26.2 Å². The van der Waals surface area contributed by atoms with Crippen molar-refractivity contribution in [3.8, 4) is 12.3 Å². The summed E-state index contributed by atoms with van der Waals surface area (Å²) < 4.78 is 0. The van der Waals surface area contributed by atoms with Gasteiger partial charge in [-0.05, 0) is 37.5 Å². The molecule has 10 heteroatoms. The summed E-state index contributed by atoms with van der Waals surface area (Å²) in [4.78, 5) is 63.8. The molecule has 0 saturated heterocycles. The van der Waals surface area contributed by atoms with Crippen molar-refractivity contribution < 1.29 is 24.0 Å². The number of urea groups is 1. The molecule has 2 atom stereocenters. The first-order chi connectivity index (χ1) is 17.6. The third-order valence-corrected chi connectivity index (χ3v) is 6.83. The predicted molar refractivity (Wildman–Crippen MR) is 142 cm³/mol. The number of unbranched alkanes of at least 4 members (excludes halogenated alkanes) is 1. The molecule has 4 N–H and O–H groups in total. The van der Waals surface area contributed by atoms with Gasteiger partial charge in [-0.1, -0.05) is 32.3 Å². The van der Waals surface area contributed by atoms with Gasteiger partial charge in [-0.2, -0.15) is 0 Å². The maximum Gasteiger partial charge on any atom is 0.315 e. The molecule has 0 aromatic rings. The average Bonchev–Trinajstić information content (AvgIpc) is 2.89. The van der Waals surface area contributed by atoms with Crippen LogP contribution in [0, 0.1) is 17.8 Å². The number of Topliss-reactive ketones (excluding diaryl/α,β-unsaturated/α-hetero) is 1. The van der Waals surface area contributed by atoms with Gasteiger partial charge in [0.2, 0.25) is 17.6 Å². The third-order valence-electron chi connectivity index (χ3n) is 6.83. The van der Waals surface area contributed by atoms with E-state index in [2.05, 4.69) is 40.7 Å². The van der Waals surface area contributed by atoms with E-state index in [0.717, 1.165) is 32.1 Å². The first kappa shape index (κ1) is 31.7. The molecule has 1 saturated carbocycles. The van der Waals surface area contributed by atoms with Gasteiger partial charge in [0.05, 0.1) is 6.04 Å². The summed E-state index contributed by atoms with van der Waals surface area (Å²) in [6, 6.07) is -2.01. The smallest absolute Gasteiger partial charge is 0.315 e. The van der Waals surface area contributed by atoms with E-state index in [1.165, 1.54) is 13.1 Å². The zero-order chi connectivity index (χ0) is 27.8. The summed E-state index contributed by atoms with van der Waals surface area (Å²) in [6.45, 7) is 6.10. The first-order valence-corrected chi connectivity index (χ1v) is 13.0. The average molecular weight is 518 g/mol. The van der Waals surface area contributed by atoms with E-state index in [1.54, 1.807) is 11.9 Å². The number of hydrogen-bond donors (Lipinski definition) is 4. The Bertz CT molecular complexity index is 860. The zero-order valence-corrected chi connectivity index (χ0v) is 22.5. The summed E-state index contributed by atoms with van der Waals surface area (Å²) in [7, 11) is 3.22. The van der Waals surface area contributed by atoms with Crippen LogP contribution in [-0.2, 0) is 19.2 Å². The van der Waals surface area contributed by atoms with Crippen molar-refractivity contribution in [3.63, 3.8) is 0 Å². The molecule has 206 valence electrons. The highest BCUT2D eigenvalue weighted by atomic mass is 16.2. The molecule has 5 amide bonds. The Hall–Kier alpha value is -3.35. The maximum absolute atomic E-state index is 13.3. The van der Waals surface area contributed by atoms with Gasteiger partial charge in [-0.25, -0.2) is 4.79 Å². The van der Waals surface area contributed by atoms with E-state index in [1.807, 2.05) is 0 Å². The van der Waals surface area contributed by atoms with Crippen molar-refractivity contribution in [1.29, 1.82) is 0 Å². The van der Waals surface area contributed by atoms with E-state index in [4.69, 9.17) is 6.42 Å². The molecule has 0 heterocycles. The number of hydrogen-bond acceptors (Lipinski definition) is 5. The number of nitrogens with zero attached hydrogens (tertiary/aromatic N) is 1. The van der Waals surface area contributed by atoms with Crippen molar-refractivity contribution in [2.75, 3.05) is 27.2 Å². The molecular formula is C27H43N5O5. The standard InChI is InChI=1S/C27H43N5O5/c1-6-8-14-20(22(34)24(35)29-18-7-2)30-21(33)15-10-13-19-32(5)25(36)23(31-26(37)28-4)27(3)16-11-9-12-17-27/h1,7,20,23H,2,8-19H2,3-5H3,(H,29,35)(H,30,33)(H2,28,31,37). The fourth-order valence-corrected chi connectivity index (χ4v) is 4.52. The number of likely N-dealkylation sites (N-methyl/N-ethyl adjacent to an activating group) is 1. The molecule has 37 heavy (non-hydrogen) atoms. The highest BCUT2D eigenvalue weighted by molar-refractivity contribution is 6.38. The van der Waals surface area contributed by atoms with Crippen molar-refractivity contribution >= 4 is 29.5 Å². The zero-order valence-electron chi connectivity index (χ0n) is 22.5. The van der Waals surface area contributed by atoms with Gasteiger partial charge in [0.25, 0.3) is 5.91 Å². The van der Waals surface area contributed by atoms with Crippen LogP contribution in [0.4, 0.5) is 4.79 Å². The number of ketones is 1. The van der Waals surface area contributed by atoms with Crippen molar-refractivity contribution in [2.24, 2.45) is 5.41 Å². The lowest BCUT2D eigenvalue weighted by Gasteiger charge is -2.41. The minimum atomic E-state index is -0.995. The lowest BCUT2D eigenvalue weighted by atomic mass is 9.70. The molecule has 1 rings (SSSR count). The van der Waals surface area contributed by atoms with Gasteiger partial charge < -0.3 is 26.2 Å². The lowest BCUT2D eigenvalue weighted by molar-refractivity contribution is -0.140. The summed E-state index contributed by atoms with van der Waals surface area (Å²) in [5.41, 5.74) is -0.312. The Labute approximate surface area is 220 Å². The van der Waals surface area contributed by atoms with Crippen LogP contribution in [0.15, 0.2) is 12.7 Å². The fraction of sp³-hybridized carbons (Fsp3) is 0.667. The van der Waals surface area contributed by atoms with E-state index in [-0.39, 0.29) is 49.1 Å². The molecule has 1 fully saturated rings. The Morgan fingerprint density at radius 2 is 1.78 bits per heavy atom. The number of nitrogens with one attached hydrogen (secondary N) is 4. The third kappa shape index (κ3) is 10.7. The van der Waals surface area contributed by atoms with Gasteiger partial charge in [0.1, 0.15) is 6.04 Å². The monoisotopic (exact) mass is 517 g/mol. The summed E-state index contributed by atoms with van der Waals surface area (Å²) in [6.07, 6.45) is 13.2. The molecule has 0 bridgehead atoms. The molecule has 0 aliphatic heterocycles. The molecule has 10 nitrogen and oxygen atoms in total. The van der Waals surface area contributed by atoms with Gasteiger partial charge in [0.15, 0.2) is 0 Å². The van der Waals surface area contributed by atoms with E-state index >= 15 is 0 Å². The Balaban J connectivity index is 2.62. The van der Waals surface area contributed by atoms with Crippen LogP contribution in [0.3, 0.4) is 0 Å². The second-order valence-corrected chi connectivity index (χ2v) is 9.81. The van der Waals surface area contributed by atoms with Crippen LogP contribution in [0.2, 0.25) is 0 Å². The highest BCUT2D eigenvalue weighted by Gasteiger charge is 2.41. The van der Waals surface area contributed by atoms with Crippen molar-refractivity contribution in [3.05, 3.63) is 12.7 Å². The number of amides is 5. The summed E-state index contributed by atoms with van der Waals surface area (Å²) >= 11 is 0. The maximum atomic E-state index is 13.3. The second-order valence-electron chi connectivity index (χ2n) is 9.81. The quantitative estimate of drug-likeness (QED) is 0.113. The number of rotatable bonds is 15. The Morgan fingerprint density at radius 1 is 1.11 bits per heavy atom. The predicted octanol–water partition coefficient (Wildman–Crippen LogP) is 1.65. The summed E-state index contributed by atoms with van der Waals surface area (Å²) in [5.74, 6) is 0.354. The molecular weight excluding hydrogens is 474 g/mol. The second kappa shape index (κ2) is 16.4. The fourth-order valence-electron chi connectivity index (χ4n) is 4.52. The van der Waals surface area contributed by atoms with E-state index in [0.29, 0.717) is 19.4 Å². The number of carbonyl (C=O) groups excluding carboxylic acids is 5. The topological polar surface area (TPSA) is 137 Å². The molecule has 1 aliphatic rings. The van der Waals surface area contributed by atoms with E-state index < -0.39 is 23.8 Å². The van der Waals surface area contributed by atoms with E-state index in [9.17, 15) is 24.0 Å². The highest BCUT2D eigenvalue weighted by Crippen LogP contribution is 2.39. The molecule has 0 spiro atoms. The van der Waals surface area contributed by atoms with Crippen LogP contribution in [-0.4, -0.2) is 73.7 Å². The largest absolute Gasteiger partial charge is 0.346 e. The minimum Gasteiger partial charge on any atom is -0.346 e. The lowest BCUT2D eigenvalue weighted by Crippen LogP contribution is -2.57. The van der Waals surface area contributed by atoms with Crippen LogP contribution in [0.25, 0.3) is 0 Å². The minimum absolute atomic E-state index is 0.133. The molecule has 0 radical (unpaired) electrons.